The van der Waals surface area contributed by atoms with E-state index in [1.807, 2.05) is 0 Å². The van der Waals surface area contributed by atoms with Crippen LogP contribution in [0.4, 0.5) is 20.2 Å². The summed E-state index contributed by atoms with van der Waals surface area (Å²) in [4.78, 5) is 24.3. The lowest BCUT2D eigenvalue weighted by Crippen LogP contribution is -2.36. The van der Waals surface area contributed by atoms with Gasteiger partial charge in [0, 0.05) is 18.9 Å². The number of nitrogens with two attached hydrogens (primary N) is 1. The molecule has 2 rings (SSSR count). The van der Waals surface area contributed by atoms with Crippen LogP contribution in [0.1, 0.15) is 25.7 Å². The molecule has 1 fully saturated rings. The Morgan fingerprint density at radius 3 is 2.11 bits per heavy atom. The maximum atomic E-state index is 13.7. The van der Waals surface area contributed by atoms with E-state index in [1.54, 1.807) is 0 Å². The molecule has 1 aliphatic heterocycles. The fraction of sp³-hybridized carbons (Fsp3) is 0.333. The van der Waals surface area contributed by atoms with Gasteiger partial charge in [0.2, 0.25) is 11.8 Å². The summed E-state index contributed by atoms with van der Waals surface area (Å²) in [6.07, 6.45) is 1.46. The Morgan fingerprint density at radius 2 is 1.61 bits per heavy atom. The molecule has 18 heavy (non-hydrogen) atoms. The Morgan fingerprint density at radius 1 is 1.06 bits per heavy atom. The Hall–Kier alpha value is -1.98. The van der Waals surface area contributed by atoms with Crippen molar-refractivity contribution in [1.29, 1.82) is 0 Å². The van der Waals surface area contributed by atoms with Gasteiger partial charge in [-0.1, -0.05) is 0 Å². The number of benzene rings is 1. The molecule has 0 aromatic heterocycles. The standard InChI is InChI=1S/C12H12F2N2O2/c13-7-5-8(14)12(9(15)6-7)16-10(17)3-1-2-4-11(16)18/h5-6H,1-4,15H2. The quantitative estimate of drug-likeness (QED) is 0.615. The van der Waals surface area contributed by atoms with Crippen molar-refractivity contribution in [3.8, 4) is 0 Å². The third kappa shape index (κ3) is 2.18. The average molecular weight is 254 g/mol. The number of hydrogen-bond acceptors (Lipinski definition) is 3. The molecule has 0 bridgehead atoms. The van der Waals surface area contributed by atoms with E-state index < -0.39 is 23.4 Å². The van der Waals surface area contributed by atoms with Crippen LogP contribution in [-0.4, -0.2) is 11.8 Å². The summed E-state index contributed by atoms with van der Waals surface area (Å²) in [7, 11) is 0. The van der Waals surface area contributed by atoms with Crippen molar-refractivity contribution in [1.82, 2.24) is 0 Å². The lowest BCUT2D eigenvalue weighted by molar-refractivity contribution is -0.125. The number of carbonyl (C=O) groups excluding carboxylic acids is 2. The zero-order chi connectivity index (χ0) is 13.3. The first-order valence-corrected chi connectivity index (χ1v) is 5.61. The summed E-state index contributed by atoms with van der Waals surface area (Å²) in [5.41, 5.74) is 4.91. The Balaban J connectivity index is 2.52. The number of nitrogen functional groups attached to an aromatic ring is 1. The van der Waals surface area contributed by atoms with Gasteiger partial charge >= 0.3 is 0 Å². The molecule has 1 aromatic carbocycles. The highest BCUT2D eigenvalue weighted by atomic mass is 19.1. The zero-order valence-electron chi connectivity index (χ0n) is 9.58. The van der Waals surface area contributed by atoms with Gasteiger partial charge in [0.1, 0.15) is 11.5 Å². The predicted molar refractivity (Wildman–Crippen MR) is 61.7 cm³/mol. The zero-order valence-corrected chi connectivity index (χ0v) is 9.58. The highest BCUT2D eigenvalue weighted by Gasteiger charge is 2.29. The fourth-order valence-electron chi connectivity index (χ4n) is 1.99. The first-order valence-electron chi connectivity index (χ1n) is 5.61. The lowest BCUT2D eigenvalue weighted by Gasteiger charge is -2.21. The molecule has 4 nitrogen and oxygen atoms in total. The summed E-state index contributed by atoms with van der Waals surface area (Å²) < 4.78 is 26.7. The average Bonchev–Trinajstić information content (AvgIpc) is 2.42. The van der Waals surface area contributed by atoms with Crippen LogP contribution >= 0.6 is 0 Å². The molecule has 1 aromatic rings. The maximum absolute atomic E-state index is 13.7. The van der Waals surface area contributed by atoms with Crippen LogP contribution in [0.5, 0.6) is 0 Å². The molecule has 2 N–H and O–H groups in total. The van der Waals surface area contributed by atoms with E-state index in [-0.39, 0.29) is 24.2 Å². The van der Waals surface area contributed by atoms with Crippen LogP contribution in [0, 0.1) is 11.6 Å². The first-order chi connectivity index (χ1) is 8.50. The molecule has 1 heterocycles. The number of amides is 2. The minimum absolute atomic E-state index is 0.155. The van der Waals surface area contributed by atoms with Crippen molar-refractivity contribution in [2.75, 3.05) is 10.6 Å². The van der Waals surface area contributed by atoms with Crippen LogP contribution in [0.2, 0.25) is 0 Å². The summed E-state index contributed by atoms with van der Waals surface area (Å²) >= 11 is 0. The summed E-state index contributed by atoms with van der Waals surface area (Å²) in [5.74, 6) is -2.86. The van der Waals surface area contributed by atoms with Gasteiger partial charge in [-0.25, -0.2) is 13.7 Å². The number of imide groups is 1. The van der Waals surface area contributed by atoms with Crippen molar-refractivity contribution < 1.29 is 18.4 Å². The number of anilines is 2. The smallest absolute Gasteiger partial charge is 0.233 e. The predicted octanol–water partition coefficient (Wildman–Crippen LogP) is 1.98. The number of carbonyl (C=O) groups is 2. The monoisotopic (exact) mass is 254 g/mol. The second-order valence-corrected chi connectivity index (χ2v) is 4.16. The van der Waals surface area contributed by atoms with Crippen LogP contribution < -0.4 is 10.6 Å². The molecule has 0 radical (unpaired) electrons. The number of rotatable bonds is 1. The van der Waals surface area contributed by atoms with Crippen molar-refractivity contribution in [3.63, 3.8) is 0 Å². The van der Waals surface area contributed by atoms with Gasteiger partial charge in [-0.15, -0.1) is 0 Å². The molecule has 1 aliphatic rings. The topological polar surface area (TPSA) is 63.4 Å². The summed E-state index contributed by atoms with van der Waals surface area (Å²) in [5, 5.41) is 0. The third-order valence-electron chi connectivity index (χ3n) is 2.81. The minimum atomic E-state index is -1.00. The maximum Gasteiger partial charge on any atom is 0.233 e. The van der Waals surface area contributed by atoms with Crippen molar-refractivity contribution >= 4 is 23.2 Å². The minimum Gasteiger partial charge on any atom is -0.397 e. The van der Waals surface area contributed by atoms with Crippen LogP contribution in [0.15, 0.2) is 12.1 Å². The van der Waals surface area contributed by atoms with Gasteiger partial charge in [0.15, 0.2) is 5.82 Å². The van der Waals surface area contributed by atoms with Crippen molar-refractivity contribution in [2.24, 2.45) is 0 Å². The summed E-state index contributed by atoms with van der Waals surface area (Å²) in [6, 6.07) is 1.50. The molecular formula is C12H12F2N2O2. The molecule has 1 saturated heterocycles. The summed E-state index contributed by atoms with van der Waals surface area (Å²) in [6.45, 7) is 0. The Bertz CT molecular complexity index is 476. The molecular weight excluding hydrogens is 242 g/mol. The van der Waals surface area contributed by atoms with Gasteiger partial charge in [0.05, 0.1) is 5.69 Å². The van der Waals surface area contributed by atoms with Gasteiger partial charge in [0.25, 0.3) is 0 Å². The van der Waals surface area contributed by atoms with Crippen LogP contribution in [0.25, 0.3) is 0 Å². The van der Waals surface area contributed by atoms with E-state index in [0.29, 0.717) is 18.9 Å². The van der Waals surface area contributed by atoms with E-state index in [0.717, 1.165) is 11.0 Å². The molecule has 0 spiro atoms. The molecule has 0 atom stereocenters. The Kier molecular flexibility index (Phi) is 3.27. The van der Waals surface area contributed by atoms with Gasteiger partial charge in [-0.2, -0.15) is 0 Å². The van der Waals surface area contributed by atoms with Gasteiger partial charge in [-0.05, 0) is 18.9 Å². The number of nitrogens with zero attached hydrogens (tertiary/aromatic N) is 1. The van der Waals surface area contributed by atoms with Crippen molar-refractivity contribution in [2.45, 2.75) is 25.7 Å². The highest BCUT2D eigenvalue weighted by molar-refractivity contribution is 6.16. The van der Waals surface area contributed by atoms with Gasteiger partial charge < -0.3 is 5.73 Å². The van der Waals surface area contributed by atoms with Crippen molar-refractivity contribution in [3.05, 3.63) is 23.8 Å². The van der Waals surface area contributed by atoms with E-state index in [1.165, 1.54) is 0 Å². The molecule has 96 valence electrons. The molecule has 0 unspecified atom stereocenters. The van der Waals surface area contributed by atoms with Crippen LogP contribution in [0.3, 0.4) is 0 Å². The normalized spacial score (nSPS) is 16.9. The second kappa shape index (κ2) is 4.72. The molecule has 0 saturated carbocycles. The largest absolute Gasteiger partial charge is 0.397 e. The van der Waals surface area contributed by atoms with E-state index in [9.17, 15) is 18.4 Å². The van der Waals surface area contributed by atoms with E-state index in [2.05, 4.69) is 0 Å². The van der Waals surface area contributed by atoms with Gasteiger partial charge in [-0.3, -0.25) is 9.59 Å². The third-order valence-corrected chi connectivity index (χ3v) is 2.81. The second-order valence-electron chi connectivity index (χ2n) is 4.16. The molecule has 2 amide bonds. The number of hydrogen-bond donors (Lipinski definition) is 1. The van der Waals surface area contributed by atoms with Crippen LogP contribution in [-0.2, 0) is 9.59 Å². The SMILES string of the molecule is Nc1cc(F)cc(F)c1N1C(=O)CCCCC1=O. The first kappa shape index (κ1) is 12.5. The lowest BCUT2D eigenvalue weighted by atomic mass is 10.2. The Labute approximate surface area is 102 Å². The molecule has 0 aliphatic carbocycles. The van der Waals surface area contributed by atoms with E-state index >= 15 is 0 Å². The van der Waals surface area contributed by atoms with E-state index in [4.69, 9.17) is 5.73 Å². The molecule has 6 heteroatoms. The number of halogens is 2. The fourth-order valence-corrected chi connectivity index (χ4v) is 1.99. The highest BCUT2D eigenvalue weighted by Crippen LogP contribution is 2.30.